The normalized spacial score (nSPS) is 16.9. The molecule has 0 spiro atoms. The van der Waals surface area contributed by atoms with Gasteiger partial charge in [-0.2, -0.15) is 5.10 Å². The molecule has 1 heterocycles. The molecule has 1 aliphatic rings. The van der Waals surface area contributed by atoms with Gasteiger partial charge < -0.3 is 4.74 Å². The van der Waals surface area contributed by atoms with Crippen LogP contribution in [0.4, 0.5) is 0 Å². The summed E-state index contributed by atoms with van der Waals surface area (Å²) in [5.74, 6) is 0.667. The summed E-state index contributed by atoms with van der Waals surface area (Å²) >= 11 is 0. The molecule has 3 heteroatoms. The third kappa shape index (κ3) is 1.12. The van der Waals surface area contributed by atoms with Crippen LogP contribution in [-0.4, -0.2) is 12.3 Å². The smallest absolute Gasteiger partial charge is 0.238 e. The minimum atomic E-state index is 0.652. The maximum absolute atomic E-state index is 5.18. The van der Waals surface area contributed by atoms with Crippen molar-refractivity contribution in [3.8, 4) is 0 Å². The van der Waals surface area contributed by atoms with Crippen LogP contribution in [0.15, 0.2) is 16.6 Å². The molecule has 0 N–H and O–H groups in total. The monoisotopic (exact) mass is 139 g/mol. The zero-order chi connectivity index (χ0) is 7.56. The van der Waals surface area contributed by atoms with Gasteiger partial charge in [-0.05, 0) is 20.8 Å². The van der Waals surface area contributed by atoms with E-state index in [0.29, 0.717) is 12.5 Å². The van der Waals surface area contributed by atoms with Crippen LogP contribution in [0.1, 0.15) is 20.8 Å². The summed E-state index contributed by atoms with van der Waals surface area (Å²) in [4.78, 5) is 0. The number of allylic oxidation sites excluding steroid dienone is 1. The highest BCUT2D eigenvalue weighted by molar-refractivity contribution is 5.99. The van der Waals surface area contributed by atoms with E-state index >= 15 is 0 Å². The first kappa shape index (κ1) is 7.12. The van der Waals surface area contributed by atoms with Crippen molar-refractivity contribution < 1.29 is 4.74 Å². The van der Waals surface area contributed by atoms with Crippen LogP contribution in [0.3, 0.4) is 0 Å². The summed E-state index contributed by atoms with van der Waals surface area (Å²) in [5, 5.41) is 3.86. The van der Waals surface area contributed by atoms with Crippen LogP contribution < -0.4 is 5.43 Å². The summed E-state index contributed by atoms with van der Waals surface area (Å²) in [6.07, 6.45) is 0. The lowest BCUT2D eigenvalue weighted by Gasteiger charge is -2.00. The third-order valence-corrected chi connectivity index (χ3v) is 1.44. The second-order valence-electron chi connectivity index (χ2n) is 2.15. The predicted octanol–water partition coefficient (Wildman–Crippen LogP) is 1.25. The molecule has 1 aliphatic heterocycles. The first-order chi connectivity index (χ1) is 4.75. The lowest BCUT2D eigenvalue weighted by Crippen LogP contribution is -1.99. The zero-order valence-corrected chi connectivity index (χ0v) is 6.51. The van der Waals surface area contributed by atoms with Gasteiger partial charge in [0.05, 0.1) is 12.3 Å². The van der Waals surface area contributed by atoms with Crippen molar-refractivity contribution in [2.24, 2.45) is 5.10 Å². The molecule has 3 nitrogen and oxygen atoms in total. The van der Waals surface area contributed by atoms with Crippen molar-refractivity contribution in [3.63, 3.8) is 0 Å². The molecule has 0 aromatic heterocycles. The molecule has 1 rings (SSSR count). The van der Waals surface area contributed by atoms with E-state index in [1.807, 2.05) is 20.8 Å². The van der Waals surface area contributed by atoms with Crippen molar-refractivity contribution in [3.05, 3.63) is 11.5 Å². The Morgan fingerprint density at radius 1 is 1.40 bits per heavy atom. The van der Waals surface area contributed by atoms with Gasteiger partial charge >= 0.3 is 0 Å². The first-order valence-electron chi connectivity index (χ1n) is 3.35. The number of nitrogens with zero attached hydrogens (tertiary/aromatic N) is 2. The van der Waals surface area contributed by atoms with E-state index in [2.05, 4.69) is 10.5 Å². The quantitative estimate of drug-likeness (QED) is 0.567. The SMILES string of the molecule is CCOC1=C(C)C(C)=N[N]1. The van der Waals surface area contributed by atoms with Gasteiger partial charge in [0, 0.05) is 5.57 Å². The van der Waals surface area contributed by atoms with Crippen LogP contribution >= 0.6 is 0 Å². The van der Waals surface area contributed by atoms with Gasteiger partial charge in [0.15, 0.2) is 0 Å². The molecular weight excluding hydrogens is 128 g/mol. The molecule has 0 aliphatic carbocycles. The van der Waals surface area contributed by atoms with Crippen molar-refractivity contribution in [1.82, 2.24) is 5.43 Å². The van der Waals surface area contributed by atoms with Gasteiger partial charge in [0.2, 0.25) is 5.88 Å². The largest absolute Gasteiger partial charge is 0.477 e. The number of ether oxygens (including phenoxy) is 1. The highest BCUT2D eigenvalue weighted by Crippen LogP contribution is 2.12. The van der Waals surface area contributed by atoms with Crippen LogP contribution in [0.5, 0.6) is 0 Å². The zero-order valence-electron chi connectivity index (χ0n) is 6.51. The van der Waals surface area contributed by atoms with Crippen molar-refractivity contribution >= 4 is 5.71 Å². The molecule has 0 amide bonds. The fraction of sp³-hybridized carbons (Fsp3) is 0.571. The number of rotatable bonds is 2. The van der Waals surface area contributed by atoms with E-state index in [-0.39, 0.29) is 0 Å². The lowest BCUT2D eigenvalue weighted by atomic mass is 10.2. The standard InChI is InChI=1S/C7H11N2O/c1-4-10-7-5(2)6(3)8-9-7/h4H2,1-3H3. The maximum Gasteiger partial charge on any atom is 0.238 e. The van der Waals surface area contributed by atoms with Gasteiger partial charge in [0.1, 0.15) is 0 Å². The second-order valence-corrected chi connectivity index (χ2v) is 2.15. The molecule has 0 saturated carbocycles. The summed E-state index contributed by atoms with van der Waals surface area (Å²) < 4.78 is 5.18. The summed E-state index contributed by atoms with van der Waals surface area (Å²) in [6, 6.07) is 0. The Balaban J connectivity index is 2.64. The molecule has 0 unspecified atom stereocenters. The predicted molar refractivity (Wildman–Crippen MR) is 39.6 cm³/mol. The molecule has 0 fully saturated rings. The Hall–Kier alpha value is -0.990. The van der Waals surface area contributed by atoms with Crippen molar-refractivity contribution in [2.45, 2.75) is 20.8 Å². The average Bonchev–Trinajstić information content (AvgIpc) is 2.20. The molecule has 0 saturated heterocycles. The summed E-state index contributed by atoms with van der Waals surface area (Å²) in [5.41, 5.74) is 5.82. The minimum Gasteiger partial charge on any atom is -0.477 e. The van der Waals surface area contributed by atoms with Crippen molar-refractivity contribution in [2.75, 3.05) is 6.61 Å². The van der Waals surface area contributed by atoms with Crippen LogP contribution in [-0.2, 0) is 4.74 Å². The van der Waals surface area contributed by atoms with E-state index in [1.54, 1.807) is 0 Å². The van der Waals surface area contributed by atoms with Crippen molar-refractivity contribution in [1.29, 1.82) is 0 Å². The Morgan fingerprint density at radius 2 is 2.10 bits per heavy atom. The van der Waals surface area contributed by atoms with E-state index in [1.165, 1.54) is 0 Å². The fourth-order valence-corrected chi connectivity index (χ4v) is 0.699. The topological polar surface area (TPSA) is 35.7 Å². The number of hydrogen-bond donors (Lipinski definition) is 0. The Bertz CT molecular complexity index is 194. The summed E-state index contributed by atoms with van der Waals surface area (Å²) in [6.45, 7) is 6.47. The molecule has 55 valence electrons. The van der Waals surface area contributed by atoms with Gasteiger partial charge in [0.25, 0.3) is 0 Å². The third-order valence-electron chi connectivity index (χ3n) is 1.44. The molecule has 0 atom stereocenters. The molecular formula is C7H11N2O. The van der Waals surface area contributed by atoms with Crippen LogP contribution in [0, 0.1) is 0 Å². The Kier molecular flexibility index (Phi) is 1.94. The van der Waals surface area contributed by atoms with Gasteiger partial charge in [-0.15, -0.1) is 5.43 Å². The minimum absolute atomic E-state index is 0.652. The number of hydrogen-bond acceptors (Lipinski definition) is 2. The van der Waals surface area contributed by atoms with E-state index in [0.717, 1.165) is 11.3 Å². The molecule has 1 radical (unpaired) electrons. The fourth-order valence-electron chi connectivity index (χ4n) is 0.699. The van der Waals surface area contributed by atoms with E-state index in [9.17, 15) is 0 Å². The second kappa shape index (κ2) is 2.73. The molecule has 0 aromatic carbocycles. The highest BCUT2D eigenvalue weighted by Gasteiger charge is 2.13. The first-order valence-corrected chi connectivity index (χ1v) is 3.35. The average molecular weight is 139 g/mol. The lowest BCUT2D eigenvalue weighted by molar-refractivity contribution is 0.206. The van der Waals surface area contributed by atoms with Crippen LogP contribution in [0.25, 0.3) is 0 Å². The molecule has 0 aromatic rings. The van der Waals surface area contributed by atoms with Gasteiger partial charge in [-0.3, -0.25) is 0 Å². The maximum atomic E-state index is 5.18. The molecule has 10 heavy (non-hydrogen) atoms. The van der Waals surface area contributed by atoms with E-state index in [4.69, 9.17) is 4.74 Å². The van der Waals surface area contributed by atoms with Gasteiger partial charge in [-0.1, -0.05) is 0 Å². The Morgan fingerprint density at radius 3 is 2.50 bits per heavy atom. The Labute approximate surface area is 60.8 Å². The van der Waals surface area contributed by atoms with Gasteiger partial charge in [-0.25, -0.2) is 0 Å². The molecule has 0 bridgehead atoms. The van der Waals surface area contributed by atoms with Crippen LogP contribution in [0.2, 0.25) is 0 Å². The summed E-state index contributed by atoms with van der Waals surface area (Å²) in [7, 11) is 0. The van der Waals surface area contributed by atoms with E-state index < -0.39 is 0 Å². The highest BCUT2D eigenvalue weighted by atomic mass is 16.5.